The molecule has 0 radical (unpaired) electrons. The fourth-order valence-electron chi connectivity index (χ4n) is 3.97. The van der Waals surface area contributed by atoms with Gasteiger partial charge in [0.2, 0.25) is 0 Å². The summed E-state index contributed by atoms with van der Waals surface area (Å²) in [7, 11) is 0. The number of urea groups is 1. The molecule has 0 atom stereocenters. The Morgan fingerprint density at radius 1 is 0.889 bits per heavy atom. The Bertz CT molecular complexity index is 824. The molecular weight excluding hydrogens is 340 g/mol. The number of amides is 3. The summed E-state index contributed by atoms with van der Waals surface area (Å²) < 4.78 is 0. The van der Waals surface area contributed by atoms with Gasteiger partial charge in [0.15, 0.2) is 0 Å². The highest BCUT2D eigenvalue weighted by Gasteiger charge is 2.27. The van der Waals surface area contributed by atoms with E-state index in [0.29, 0.717) is 37.9 Å². The molecule has 1 aliphatic carbocycles. The quantitative estimate of drug-likeness (QED) is 0.888. The summed E-state index contributed by atoms with van der Waals surface area (Å²) in [4.78, 5) is 33.4. The van der Waals surface area contributed by atoms with Gasteiger partial charge in [0, 0.05) is 37.6 Å². The zero-order valence-electron chi connectivity index (χ0n) is 15.6. The van der Waals surface area contributed by atoms with E-state index in [-0.39, 0.29) is 11.9 Å². The van der Waals surface area contributed by atoms with Crippen LogP contribution in [0.1, 0.15) is 42.6 Å². The van der Waals surface area contributed by atoms with Crippen molar-refractivity contribution in [1.29, 1.82) is 0 Å². The average molecular weight is 366 g/mol. The van der Waals surface area contributed by atoms with Gasteiger partial charge in [-0.15, -0.1) is 0 Å². The van der Waals surface area contributed by atoms with Gasteiger partial charge in [0.25, 0.3) is 5.91 Å². The number of nitrogens with one attached hydrogen (secondary N) is 1. The van der Waals surface area contributed by atoms with E-state index in [0.717, 1.165) is 23.7 Å². The van der Waals surface area contributed by atoms with Crippen LogP contribution in [-0.2, 0) is 0 Å². The van der Waals surface area contributed by atoms with Crippen LogP contribution < -0.4 is 5.32 Å². The molecule has 2 fully saturated rings. The number of aromatic nitrogens is 1. The van der Waals surface area contributed by atoms with Crippen LogP contribution in [0.15, 0.2) is 36.4 Å². The molecule has 2 aliphatic rings. The summed E-state index contributed by atoms with van der Waals surface area (Å²) in [5.41, 5.74) is 1.29. The van der Waals surface area contributed by atoms with Crippen molar-refractivity contribution in [2.24, 2.45) is 0 Å². The molecular formula is C21H26N4O2. The molecule has 0 unspecified atom stereocenters. The molecule has 0 spiro atoms. The number of para-hydroxylation sites is 1. The molecule has 1 saturated carbocycles. The Labute approximate surface area is 159 Å². The number of nitrogens with zero attached hydrogens (tertiary/aromatic N) is 3. The molecule has 3 amide bonds. The van der Waals surface area contributed by atoms with Crippen molar-refractivity contribution in [3.8, 4) is 0 Å². The number of rotatable bonds is 2. The number of carbonyl (C=O) groups excluding carboxylic acids is 2. The van der Waals surface area contributed by atoms with Gasteiger partial charge in [0.1, 0.15) is 5.69 Å². The van der Waals surface area contributed by atoms with Crippen LogP contribution >= 0.6 is 0 Å². The largest absolute Gasteiger partial charge is 0.335 e. The molecule has 4 rings (SSSR count). The van der Waals surface area contributed by atoms with Gasteiger partial charge in [-0.25, -0.2) is 9.78 Å². The van der Waals surface area contributed by atoms with E-state index in [4.69, 9.17) is 0 Å². The third-order valence-corrected chi connectivity index (χ3v) is 5.60. The van der Waals surface area contributed by atoms with Crippen molar-refractivity contribution in [2.75, 3.05) is 26.2 Å². The summed E-state index contributed by atoms with van der Waals surface area (Å²) in [5, 5.41) is 4.18. The first kappa shape index (κ1) is 17.8. The number of hydrogen-bond donors (Lipinski definition) is 1. The number of carbonyl (C=O) groups is 2. The van der Waals surface area contributed by atoms with Crippen LogP contribution in [0.2, 0.25) is 0 Å². The van der Waals surface area contributed by atoms with Gasteiger partial charge in [-0.3, -0.25) is 4.79 Å². The summed E-state index contributed by atoms with van der Waals surface area (Å²) in [6.07, 6.45) is 5.84. The molecule has 2 heterocycles. The molecule has 1 aromatic heterocycles. The lowest BCUT2D eigenvalue weighted by molar-refractivity contribution is 0.0657. The number of pyridine rings is 1. The highest BCUT2D eigenvalue weighted by Crippen LogP contribution is 2.18. The molecule has 1 aromatic carbocycles. The molecule has 1 N–H and O–H groups in total. The van der Waals surface area contributed by atoms with E-state index in [2.05, 4.69) is 10.3 Å². The lowest BCUT2D eigenvalue weighted by Gasteiger charge is -2.35. The van der Waals surface area contributed by atoms with Crippen molar-refractivity contribution in [3.63, 3.8) is 0 Å². The van der Waals surface area contributed by atoms with Crippen LogP contribution in [0.25, 0.3) is 10.9 Å². The first-order valence-corrected chi connectivity index (χ1v) is 9.91. The average Bonchev–Trinajstić information content (AvgIpc) is 2.73. The number of hydrogen-bond acceptors (Lipinski definition) is 3. The Balaban J connectivity index is 1.33. The highest BCUT2D eigenvalue weighted by atomic mass is 16.2. The summed E-state index contributed by atoms with van der Waals surface area (Å²) in [5.74, 6) is -0.0620. The fourth-order valence-corrected chi connectivity index (χ4v) is 3.97. The lowest BCUT2D eigenvalue weighted by Crippen LogP contribution is -2.54. The minimum Gasteiger partial charge on any atom is -0.335 e. The second-order valence-corrected chi connectivity index (χ2v) is 7.45. The lowest BCUT2D eigenvalue weighted by atomic mass is 9.96. The molecule has 2 aromatic rings. The molecule has 0 bridgehead atoms. The molecule has 142 valence electrons. The normalized spacial score (nSPS) is 18.5. The molecule has 1 aliphatic heterocycles. The molecule has 6 nitrogen and oxygen atoms in total. The van der Waals surface area contributed by atoms with Gasteiger partial charge < -0.3 is 15.1 Å². The van der Waals surface area contributed by atoms with E-state index in [1.807, 2.05) is 35.2 Å². The minimum absolute atomic E-state index is 0.0119. The number of benzene rings is 1. The third kappa shape index (κ3) is 4.04. The van der Waals surface area contributed by atoms with Crippen molar-refractivity contribution in [2.45, 2.75) is 38.1 Å². The Hall–Kier alpha value is -2.63. The number of fused-ring (bicyclic) bond motifs is 1. The van der Waals surface area contributed by atoms with Crippen molar-refractivity contribution in [1.82, 2.24) is 20.1 Å². The minimum atomic E-state index is -0.0620. The van der Waals surface area contributed by atoms with Crippen molar-refractivity contribution >= 4 is 22.8 Å². The first-order chi connectivity index (χ1) is 13.2. The van der Waals surface area contributed by atoms with E-state index in [9.17, 15) is 9.59 Å². The van der Waals surface area contributed by atoms with E-state index in [1.165, 1.54) is 19.3 Å². The Morgan fingerprint density at radius 2 is 1.59 bits per heavy atom. The fraction of sp³-hybridized carbons (Fsp3) is 0.476. The van der Waals surface area contributed by atoms with Crippen LogP contribution in [-0.4, -0.2) is 58.9 Å². The molecule has 1 saturated heterocycles. The zero-order valence-corrected chi connectivity index (χ0v) is 15.6. The van der Waals surface area contributed by atoms with Crippen molar-refractivity contribution in [3.05, 3.63) is 42.1 Å². The van der Waals surface area contributed by atoms with E-state index >= 15 is 0 Å². The van der Waals surface area contributed by atoms with Gasteiger partial charge >= 0.3 is 6.03 Å². The maximum absolute atomic E-state index is 12.8. The van der Waals surface area contributed by atoms with Gasteiger partial charge in [-0.1, -0.05) is 43.5 Å². The van der Waals surface area contributed by atoms with E-state index < -0.39 is 0 Å². The smallest absolute Gasteiger partial charge is 0.317 e. The molecule has 27 heavy (non-hydrogen) atoms. The van der Waals surface area contributed by atoms with Crippen LogP contribution in [0.5, 0.6) is 0 Å². The van der Waals surface area contributed by atoms with Gasteiger partial charge in [-0.2, -0.15) is 0 Å². The monoisotopic (exact) mass is 366 g/mol. The summed E-state index contributed by atoms with van der Waals surface area (Å²) >= 11 is 0. The van der Waals surface area contributed by atoms with Gasteiger partial charge in [0.05, 0.1) is 5.52 Å². The van der Waals surface area contributed by atoms with Crippen LogP contribution in [0.3, 0.4) is 0 Å². The number of piperazine rings is 1. The third-order valence-electron chi connectivity index (χ3n) is 5.60. The molecule has 6 heteroatoms. The Morgan fingerprint density at radius 3 is 2.37 bits per heavy atom. The first-order valence-electron chi connectivity index (χ1n) is 9.91. The topological polar surface area (TPSA) is 65.5 Å². The second-order valence-electron chi connectivity index (χ2n) is 7.45. The van der Waals surface area contributed by atoms with E-state index in [1.54, 1.807) is 11.0 Å². The summed E-state index contributed by atoms with van der Waals surface area (Å²) in [6.45, 7) is 2.23. The van der Waals surface area contributed by atoms with Crippen LogP contribution in [0.4, 0.5) is 4.79 Å². The predicted molar refractivity (Wildman–Crippen MR) is 105 cm³/mol. The second kappa shape index (κ2) is 7.94. The summed E-state index contributed by atoms with van der Waals surface area (Å²) in [6, 6.07) is 11.8. The van der Waals surface area contributed by atoms with Crippen molar-refractivity contribution < 1.29 is 9.59 Å². The predicted octanol–water partition coefficient (Wildman–Crippen LogP) is 3.03. The van der Waals surface area contributed by atoms with Crippen LogP contribution in [0, 0.1) is 0 Å². The maximum atomic E-state index is 12.8. The maximum Gasteiger partial charge on any atom is 0.317 e. The SMILES string of the molecule is O=C(NC1CCCCC1)N1CCN(C(=O)c2ccc3ccccc3n2)CC1. The van der Waals surface area contributed by atoms with Gasteiger partial charge in [-0.05, 0) is 25.0 Å². The Kier molecular flexibility index (Phi) is 5.23. The standard InChI is InChI=1S/C21H26N4O2/c26-20(19-11-10-16-6-4-5-9-18(16)23-19)24-12-14-25(15-13-24)21(27)22-17-7-2-1-3-8-17/h4-6,9-11,17H,1-3,7-8,12-15H2,(H,22,27). The zero-order chi connectivity index (χ0) is 18.6. The highest BCUT2D eigenvalue weighted by molar-refractivity contribution is 5.95.